The Labute approximate surface area is 196 Å². The summed E-state index contributed by atoms with van der Waals surface area (Å²) in [6.45, 7) is 4.89. The molecule has 1 N–H and O–H groups in total. The highest BCUT2D eigenvalue weighted by molar-refractivity contribution is 6.04. The number of nitriles is 1. The number of rotatable bonds is 12. The molecule has 3 rings (SSSR count). The molecule has 1 unspecified atom stereocenters. The van der Waals surface area contributed by atoms with E-state index in [9.17, 15) is 10.1 Å². The van der Waals surface area contributed by atoms with E-state index in [1.165, 1.54) is 24.9 Å². The Bertz CT molecular complexity index is 995. The van der Waals surface area contributed by atoms with Gasteiger partial charge in [-0.2, -0.15) is 5.26 Å². The molecule has 0 aromatic heterocycles. The van der Waals surface area contributed by atoms with Crippen LogP contribution in [0.15, 0.2) is 42.0 Å². The molecule has 6 heteroatoms. The van der Waals surface area contributed by atoms with Crippen LogP contribution in [0.3, 0.4) is 0 Å². The van der Waals surface area contributed by atoms with E-state index in [1.54, 1.807) is 6.08 Å². The zero-order valence-electron chi connectivity index (χ0n) is 19.5. The summed E-state index contributed by atoms with van der Waals surface area (Å²) in [4.78, 5) is 15.0. The molecule has 0 aliphatic carbocycles. The molecule has 2 aromatic carbocycles. The molecule has 176 valence electrons. The topological polar surface area (TPSA) is 82.8 Å². The van der Waals surface area contributed by atoms with Crippen molar-refractivity contribution in [3.05, 3.63) is 47.5 Å². The Morgan fingerprint density at radius 2 is 2.00 bits per heavy atom. The average molecular weight is 451 g/mol. The number of piperidine rings is 1. The van der Waals surface area contributed by atoms with Crippen molar-refractivity contribution >= 4 is 28.3 Å². The number of aliphatic hydroxyl groups is 1. The van der Waals surface area contributed by atoms with Gasteiger partial charge in [0.25, 0.3) is 0 Å². The summed E-state index contributed by atoms with van der Waals surface area (Å²) in [7, 11) is 0. The largest absolute Gasteiger partial charge is 0.394 e. The molecular formula is C27H34N2O4. The van der Waals surface area contributed by atoms with Gasteiger partial charge in [-0.1, -0.05) is 24.3 Å². The van der Waals surface area contributed by atoms with Gasteiger partial charge in [0.15, 0.2) is 5.78 Å². The molecule has 1 aliphatic heterocycles. The van der Waals surface area contributed by atoms with Crippen LogP contribution in [0.4, 0.5) is 5.69 Å². The van der Waals surface area contributed by atoms with Crippen LogP contribution < -0.4 is 4.90 Å². The van der Waals surface area contributed by atoms with Gasteiger partial charge >= 0.3 is 0 Å². The lowest BCUT2D eigenvalue weighted by Crippen LogP contribution is -2.37. The van der Waals surface area contributed by atoms with Crippen LogP contribution in [-0.2, 0) is 14.3 Å². The maximum atomic E-state index is 12.6. The van der Waals surface area contributed by atoms with Crippen molar-refractivity contribution in [2.75, 3.05) is 44.5 Å². The normalized spacial score (nSPS) is 16.7. The van der Waals surface area contributed by atoms with E-state index in [1.807, 2.05) is 6.07 Å². The number of allylic oxidation sites excluding steroid dienone is 1. The number of aliphatic hydroxyl groups excluding tert-OH is 1. The lowest BCUT2D eigenvalue weighted by atomic mass is 9.98. The second-order valence-electron chi connectivity index (χ2n) is 8.44. The van der Waals surface area contributed by atoms with Crippen LogP contribution in [0.25, 0.3) is 16.8 Å². The van der Waals surface area contributed by atoms with Gasteiger partial charge in [-0.25, -0.2) is 0 Å². The van der Waals surface area contributed by atoms with Crippen molar-refractivity contribution in [1.82, 2.24) is 0 Å². The molecule has 0 spiro atoms. The quantitative estimate of drug-likeness (QED) is 0.291. The van der Waals surface area contributed by atoms with Gasteiger partial charge in [0.05, 0.1) is 32.0 Å². The summed E-state index contributed by atoms with van der Waals surface area (Å²) < 4.78 is 10.5. The minimum Gasteiger partial charge on any atom is -0.394 e. The van der Waals surface area contributed by atoms with Crippen molar-refractivity contribution in [1.29, 1.82) is 5.26 Å². The smallest absolute Gasteiger partial charge is 0.173 e. The minimum absolute atomic E-state index is 0.00628. The van der Waals surface area contributed by atoms with Crippen molar-refractivity contribution in [3.63, 3.8) is 0 Å². The third-order valence-electron chi connectivity index (χ3n) is 6.03. The lowest BCUT2D eigenvalue weighted by molar-refractivity contribution is -0.115. The molecule has 0 amide bonds. The maximum Gasteiger partial charge on any atom is 0.173 e. The van der Waals surface area contributed by atoms with Crippen LogP contribution in [-0.4, -0.2) is 56.5 Å². The molecule has 2 aromatic rings. The number of hydrogen-bond donors (Lipinski definition) is 1. The Balaban J connectivity index is 1.66. The van der Waals surface area contributed by atoms with E-state index >= 15 is 0 Å². The third kappa shape index (κ3) is 7.13. The molecule has 0 radical (unpaired) electrons. The number of fused-ring (bicyclic) bond motifs is 1. The van der Waals surface area contributed by atoms with Crippen LogP contribution in [0, 0.1) is 11.3 Å². The van der Waals surface area contributed by atoms with Gasteiger partial charge in [0.2, 0.25) is 0 Å². The molecule has 0 saturated carbocycles. The second-order valence-corrected chi connectivity index (χ2v) is 8.44. The zero-order chi connectivity index (χ0) is 23.5. The van der Waals surface area contributed by atoms with E-state index in [2.05, 4.69) is 48.2 Å². The first-order valence-corrected chi connectivity index (χ1v) is 11.8. The molecule has 33 heavy (non-hydrogen) atoms. The summed E-state index contributed by atoms with van der Waals surface area (Å²) in [5.41, 5.74) is 2.26. The first-order chi connectivity index (χ1) is 16.1. The Morgan fingerprint density at radius 1 is 1.18 bits per heavy atom. The van der Waals surface area contributed by atoms with Crippen molar-refractivity contribution in [2.24, 2.45) is 0 Å². The van der Waals surface area contributed by atoms with E-state index in [0.717, 1.165) is 22.9 Å². The third-order valence-corrected chi connectivity index (χ3v) is 6.03. The fourth-order valence-corrected chi connectivity index (χ4v) is 4.27. The fraction of sp³-hybridized carbons (Fsp3) is 0.481. The highest BCUT2D eigenvalue weighted by atomic mass is 16.5. The molecule has 1 heterocycles. The fourth-order valence-electron chi connectivity index (χ4n) is 4.27. The lowest BCUT2D eigenvalue weighted by Gasteiger charge is -2.36. The Kier molecular flexibility index (Phi) is 9.89. The number of nitrogens with zero attached hydrogens (tertiary/aromatic N) is 2. The van der Waals surface area contributed by atoms with Crippen LogP contribution >= 0.6 is 0 Å². The van der Waals surface area contributed by atoms with Gasteiger partial charge in [-0.3, -0.25) is 4.79 Å². The van der Waals surface area contributed by atoms with Crippen LogP contribution in [0.2, 0.25) is 0 Å². The highest BCUT2D eigenvalue weighted by Crippen LogP contribution is 2.32. The summed E-state index contributed by atoms with van der Waals surface area (Å²) in [5, 5.41) is 20.5. The van der Waals surface area contributed by atoms with Crippen LogP contribution in [0.1, 0.15) is 44.6 Å². The van der Waals surface area contributed by atoms with Gasteiger partial charge in [0.1, 0.15) is 6.07 Å². The number of benzene rings is 2. The van der Waals surface area contributed by atoms with E-state index in [-0.39, 0.29) is 24.4 Å². The minimum atomic E-state index is -0.171. The first kappa shape index (κ1) is 24.9. The Hall–Kier alpha value is -2.72. The van der Waals surface area contributed by atoms with E-state index < -0.39 is 0 Å². The number of carbonyl (C=O) groups is 1. The highest BCUT2D eigenvalue weighted by Gasteiger charge is 2.20. The van der Waals surface area contributed by atoms with Gasteiger partial charge in [-0.15, -0.1) is 0 Å². The van der Waals surface area contributed by atoms with Gasteiger partial charge < -0.3 is 19.5 Å². The number of ketones is 1. The predicted molar refractivity (Wildman–Crippen MR) is 131 cm³/mol. The number of Topliss-reactive ketones (excluding diaryl/α,β-unsaturated/α-hetero) is 1. The van der Waals surface area contributed by atoms with Crippen molar-refractivity contribution < 1.29 is 19.4 Å². The summed E-state index contributed by atoms with van der Waals surface area (Å²) in [6.07, 6.45) is 6.18. The monoisotopic (exact) mass is 450 g/mol. The number of carbonyl (C=O) groups excluding carboxylic acids is 1. The summed E-state index contributed by atoms with van der Waals surface area (Å²) >= 11 is 0. The summed E-state index contributed by atoms with van der Waals surface area (Å²) in [5.74, 6) is -0.171. The second kappa shape index (κ2) is 13.1. The number of hydrogen-bond acceptors (Lipinski definition) is 6. The average Bonchev–Trinajstić information content (AvgIpc) is 2.84. The number of ether oxygens (including phenoxy) is 2. The molecule has 1 atom stereocenters. The Morgan fingerprint density at radius 3 is 2.76 bits per heavy atom. The zero-order valence-corrected chi connectivity index (χ0v) is 19.5. The molecule has 0 bridgehead atoms. The number of anilines is 1. The molecule has 1 aliphatic rings. The molecule has 1 fully saturated rings. The molecule has 1 saturated heterocycles. The van der Waals surface area contributed by atoms with E-state index in [4.69, 9.17) is 14.6 Å². The standard InChI is InChI=1S/C27H34N2O4/c1-21-6-2-3-12-29(21)26-8-4-7-23-11-10-22(19-25(23)26)18-24(20-28)27(31)9-5-14-32-16-17-33-15-13-30/h4,7-8,10-11,18-19,21,30H,2-3,5-6,9,12-17H2,1H3/b24-18+. The predicted octanol–water partition coefficient (Wildman–Crippen LogP) is 4.50. The molecule has 6 nitrogen and oxygen atoms in total. The van der Waals surface area contributed by atoms with Gasteiger partial charge in [-0.05, 0) is 61.8 Å². The van der Waals surface area contributed by atoms with Crippen molar-refractivity contribution in [2.45, 2.75) is 45.1 Å². The first-order valence-electron chi connectivity index (χ1n) is 11.8. The summed E-state index contributed by atoms with van der Waals surface area (Å²) in [6, 6.07) is 15.1. The molecular weight excluding hydrogens is 416 g/mol. The maximum absolute atomic E-state index is 12.6. The van der Waals surface area contributed by atoms with E-state index in [0.29, 0.717) is 38.9 Å². The van der Waals surface area contributed by atoms with Crippen LogP contribution in [0.5, 0.6) is 0 Å². The van der Waals surface area contributed by atoms with Gasteiger partial charge in [0, 0.05) is 36.7 Å². The van der Waals surface area contributed by atoms with Crippen molar-refractivity contribution in [3.8, 4) is 6.07 Å². The SMILES string of the molecule is CC1CCCCN1c1cccc2ccc(/C=C(\C#N)C(=O)CCCOCCOCCO)cc12.